The molecule has 9 nitrogen and oxygen atoms in total. The van der Waals surface area contributed by atoms with Crippen molar-refractivity contribution in [2.75, 3.05) is 26.9 Å². The van der Waals surface area contributed by atoms with Gasteiger partial charge in [-0.15, -0.1) is 5.10 Å². The van der Waals surface area contributed by atoms with E-state index in [9.17, 15) is 18.0 Å². The summed E-state index contributed by atoms with van der Waals surface area (Å²) in [5.74, 6) is 0.415. The second-order valence-electron chi connectivity index (χ2n) is 9.16. The summed E-state index contributed by atoms with van der Waals surface area (Å²) in [6, 6.07) is 18.4. The van der Waals surface area contributed by atoms with Crippen molar-refractivity contribution in [3.05, 3.63) is 89.7 Å². The van der Waals surface area contributed by atoms with Crippen molar-refractivity contribution in [3.63, 3.8) is 0 Å². The predicted molar refractivity (Wildman–Crippen MR) is 146 cm³/mol. The molecule has 2 aromatic carbocycles. The Hall–Kier alpha value is -4.58. The van der Waals surface area contributed by atoms with Gasteiger partial charge in [-0.25, -0.2) is 9.67 Å². The fraction of sp³-hybridized carbons (Fsp3) is 0.300. The van der Waals surface area contributed by atoms with Crippen LogP contribution in [0.1, 0.15) is 29.7 Å². The smallest absolute Gasteiger partial charge is 0.417 e. The van der Waals surface area contributed by atoms with E-state index in [-0.39, 0.29) is 18.9 Å². The summed E-state index contributed by atoms with van der Waals surface area (Å²) in [4.78, 5) is 14.9. The van der Waals surface area contributed by atoms with Crippen LogP contribution in [0.3, 0.4) is 0 Å². The fourth-order valence-electron chi connectivity index (χ4n) is 4.01. The lowest BCUT2D eigenvalue weighted by Crippen LogP contribution is -2.07. The first-order chi connectivity index (χ1) is 20.2. The molecule has 1 N–H and O–H groups in total. The maximum absolute atomic E-state index is 12.8. The van der Waals surface area contributed by atoms with Crippen LogP contribution in [0.4, 0.5) is 13.2 Å². The van der Waals surface area contributed by atoms with Crippen molar-refractivity contribution >= 4 is 5.97 Å². The largest absolute Gasteiger partial charge is 0.491 e. The van der Waals surface area contributed by atoms with E-state index in [1.54, 1.807) is 30.0 Å². The van der Waals surface area contributed by atoms with Crippen LogP contribution in [0, 0.1) is 0 Å². The summed E-state index contributed by atoms with van der Waals surface area (Å²) < 4.78 is 62.6. The van der Waals surface area contributed by atoms with Crippen molar-refractivity contribution in [1.82, 2.24) is 14.8 Å². The van der Waals surface area contributed by atoms with E-state index in [1.807, 2.05) is 36.4 Å². The quantitative estimate of drug-likeness (QED) is 0.166. The second kappa shape index (κ2) is 14.4. The fourth-order valence-corrected chi connectivity index (χ4v) is 4.01. The third-order valence-corrected chi connectivity index (χ3v) is 6.07. The zero-order valence-corrected chi connectivity index (χ0v) is 22.8. The number of alkyl halides is 3. The molecular formula is C30H30F3N3O6. The minimum Gasteiger partial charge on any atom is -0.491 e. The molecule has 0 aliphatic rings. The van der Waals surface area contributed by atoms with Gasteiger partial charge in [-0.3, -0.25) is 4.79 Å². The first-order valence-electron chi connectivity index (χ1n) is 13.2. The van der Waals surface area contributed by atoms with Crippen LogP contribution in [0.2, 0.25) is 0 Å². The van der Waals surface area contributed by atoms with Gasteiger partial charge in [-0.1, -0.05) is 24.3 Å². The molecule has 0 aliphatic carbocycles. The van der Waals surface area contributed by atoms with Gasteiger partial charge in [0.15, 0.2) is 0 Å². The van der Waals surface area contributed by atoms with Gasteiger partial charge in [0.25, 0.3) is 0 Å². The molecule has 2 heterocycles. The number of aliphatic carboxylic acids is 1. The molecule has 0 radical (unpaired) electrons. The van der Waals surface area contributed by atoms with Crippen LogP contribution in [0.15, 0.2) is 72.9 Å². The molecule has 0 atom stereocenters. The molecule has 0 fully saturated rings. The van der Waals surface area contributed by atoms with E-state index in [2.05, 4.69) is 10.1 Å². The lowest BCUT2D eigenvalue weighted by molar-refractivity contribution is -0.138. The Morgan fingerprint density at radius 1 is 0.929 bits per heavy atom. The molecule has 0 bridgehead atoms. The van der Waals surface area contributed by atoms with Gasteiger partial charge >= 0.3 is 12.1 Å². The second-order valence-corrected chi connectivity index (χ2v) is 9.16. The van der Waals surface area contributed by atoms with Crippen molar-refractivity contribution in [2.24, 2.45) is 0 Å². The highest BCUT2D eigenvalue weighted by Crippen LogP contribution is 2.32. The van der Waals surface area contributed by atoms with E-state index in [4.69, 9.17) is 24.1 Å². The third kappa shape index (κ3) is 8.71. The van der Waals surface area contributed by atoms with Gasteiger partial charge in [-0.05, 0) is 42.7 Å². The molecule has 0 aliphatic heterocycles. The molecule has 0 saturated carbocycles. The Balaban J connectivity index is 1.40. The number of aromatic nitrogens is 3. The third-order valence-electron chi connectivity index (χ3n) is 6.07. The number of aryl methyl sites for hydroxylation is 2. The van der Waals surface area contributed by atoms with E-state index < -0.39 is 17.7 Å². The Labute approximate surface area is 240 Å². The van der Waals surface area contributed by atoms with Gasteiger partial charge in [0.05, 0.1) is 30.9 Å². The number of carbonyl (C=O) groups is 1. The van der Waals surface area contributed by atoms with E-state index in [0.29, 0.717) is 49.9 Å². The zero-order chi connectivity index (χ0) is 30.0. The number of methoxy groups -OCH3 is 1. The lowest BCUT2D eigenvalue weighted by atomic mass is 10.1. The standard InChI is InChI=1S/C30H30F3N3O6/c1-39-16-17-40-26-19-25(42-27-13-10-22(20-34-27)30(31,32)33)12-9-21(26)6-5-15-41-28-18-24(11-14-29(37)38)36(35-28)23-7-3-2-4-8-23/h2-4,7-10,12-13,18-20H,5-6,11,14-17H2,1H3,(H,37,38). The molecule has 12 heteroatoms. The van der Waals surface area contributed by atoms with Gasteiger partial charge in [0.2, 0.25) is 11.8 Å². The van der Waals surface area contributed by atoms with Crippen LogP contribution in [0.25, 0.3) is 5.69 Å². The molecule has 4 rings (SSSR count). The molecular weight excluding hydrogens is 555 g/mol. The highest BCUT2D eigenvalue weighted by Gasteiger charge is 2.30. The first kappa shape index (κ1) is 30.4. The molecule has 42 heavy (non-hydrogen) atoms. The van der Waals surface area contributed by atoms with Crippen molar-refractivity contribution in [2.45, 2.75) is 31.9 Å². The Bertz CT molecular complexity index is 1440. The van der Waals surface area contributed by atoms with Gasteiger partial charge in [0.1, 0.15) is 18.1 Å². The number of rotatable bonds is 15. The SMILES string of the molecule is COCCOc1cc(Oc2ccc(C(F)(F)F)cn2)ccc1CCCOc1cc(CCC(=O)O)n(-c2ccccc2)n1. The van der Waals surface area contributed by atoms with Gasteiger partial charge in [0, 0.05) is 43.6 Å². The number of hydrogen-bond donors (Lipinski definition) is 1. The normalized spacial score (nSPS) is 11.3. The van der Waals surface area contributed by atoms with Gasteiger partial charge < -0.3 is 24.1 Å². The monoisotopic (exact) mass is 585 g/mol. The molecule has 0 saturated heterocycles. The number of carboxylic acids is 1. The highest BCUT2D eigenvalue weighted by atomic mass is 19.4. The molecule has 4 aromatic rings. The van der Waals surface area contributed by atoms with Crippen LogP contribution in [0.5, 0.6) is 23.3 Å². The summed E-state index contributed by atoms with van der Waals surface area (Å²) >= 11 is 0. The number of carboxylic acid groups (broad SMARTS) is 1. The van der Waals surface area contributed by atoms with Crippen molar-refractivity contribution in [3.8, 4) is 28.9 Å². The highest BCUT2D eigenvalue weighted by molar-refractivity contribution is 5.67. The maximum atomic E-state index is 12.8. The lowest BCUT2D eigenvalue weighted by Gasteiger charge is -2.14. The minimum absolute atomic E-state index is 0.0182. The molecule has 0 amide bonds. The van der Waals surface area contributed by atoms with Gasteiger partial charge in [-0.2, -0.15) is 13.2 Å². The predicted octanol–water partition coefficient (Wildman–Crippen LogP) is 6.13. The van der Waals surface area contributed by atoms with Crippen molar-refractivity contribution in [1.29, 1.82) is 0 Å². The maximum Gasteiger partial charge on any atom is 0.417 e. The summed E-state index contributed by atoms with van der Waals surface area (Å²) in [7, 11) is 1.56. The van der Waals surface area contributed by atoms with Crippen LogP contribution >= 0.6 is 0 Å². The zero-order valence-electron chi connectivity index (χ0n) is 22.8. The Morgan fingerprint density at radius 3 is 2.43 bits per heavy atom. The van der Waals surface area contributed by atoms with E-state index in [0.717, 1.165) is 35.3 Å². The number of hydrogen-bond acceptors (Lipinski definition) is 7. The van der Waals surface area contributed by atoms with Crippen LogP contribution in [-0.2, 0) is 28.5 Å². The van der Waals surface area contributed by atoms with E-state index >= 15 is 0 Å². The van der Waals surface area contributed by atoms with Crippen LogP contribution in [-0.4, -0.2) is 52.8 Å². The molecule has 0 unspecified atom stereocenters. The van der Waals surface area contributed by atoms with E-state index in [1.165, 1.54) is 0 Å². The average molecular weight is 586 g/mol. The number of benzene rings is 2. The topological polar surface area (TPSA) is 105 Å². The first-order valence-corrected chi connectivity index (χ1v) is 13.2. The summed E-state index contributed by atoms with van der Waals surface area (Å²) in [6.45, 7) is 0.996. The summed E-state index contributed by atoms with van der Waals surface area (Å²) in [6.07, 6.45) is -2.28. The number of nitrogens with zero attached hydrogens (tertiary/aromatic N) is 3. The molecule has 222 valence electrons. The average Bonchev–Trinajstić information content (AvgIpc) is 3.38. The summed E-state index contributed by atoms with van der Waals surface area (Å²) in [5.41, 5.74) is 1.55. The number of pyridine rings is 1. The number of ether oxygens (including phenoxy) is 4. The summed E-state index contributed by atoms with van der Waals surface area (Å²) in [5, 5.41) is 13.6. The molecule has 0 spiro atoms. The number of halogens is 3. The number of para-hydroxylation sites is 1. The minimum atomic E-state index is -4.48. The van der Waals surface area contributed by atoms with Crippen LogP contribution < -0.4 is 14.2 Å². The van der Waals surface area contributed by atoms with Crippen molar-refractivity contribution < 1.29 is 42.0 Å². The Kier molecular flexibility index (Phi) is 10.4. The molecule has 2 aromatic heterocycles. The Morgan fingerprint density at radius 2 is 1.74 bits per heavy atom.